The van der Waals surface area contributed by atoms with Crippen molar-refractivity contribution in [2.24, 2.45) is 0 Å². The molecule has 1 atom stereocenters. The number of hydrogen-bond donors (Lipinski definition) is 3. The molecule has 1 aromatic carbocycles. The molecule has 1 heterocycles. The van der Waals surface area contributed by atoms with Crippen LogP contribution in [0.15, 0.2) is 34.8 Å². The van der Waals surface area contributed by atoms with E-state index in [9.17, 15) is 9.59 Å². The monoisotopic (exact) mass is 276 g/mol. The Labute approximate surface area is 113 Å². The van der Waals surface area contributed by atoms with Crippen molar-refractivity contribution in [2.45, 2.75) is 6.10 Å². The fraction of sp³-hybridized carbons (Fsp3) is 0.154. The van der Waals surface area contributed by atoms with Crippen LogP contribution in [-0.2, 0) is 9.59 Å². The SMILES string of the molecule is O=C(/C=C/c1nc2ccccc2o1)NC[C@H](O)C(=O)O. The van der Waals surface area contributed by atoms with Gasteiger partial charge in [-0.2, -0.15) is 0 Å². The number of aliphatic hydroxyl groups is 1. The fourth-order valence-electron chi connectivity index (χ4n) is 1.45. The van der Waals surface area contributed by atoms with E-state index in [1.165, 1.54) is 6.08 Å². The zero-order valence-corrected chi connectivity index (χ0v) is 10.3. The number of benzene rings is 1. The van der Waals surface area contributed by atoms with Gasteiger partial charge in [-0.15, -0.1) is 0 Å². The third-order valence-electron chi connectivity index (χ3n) is 2.44. The van der Waals surface area contributed by atoms with Crippen molar-refractivity contribution < 1.29 is 24.2 Å². The lowest BCUT2D eigenvalue weighted by Crippen LogP contribution is -2.35. The molecule has 20 heavy (non-hydrogen) atoms. The molecule has 0 spiro atoms. The van der Waals surface area contributed by atoms with Crippen molar-refractivity contribution in [1.82, 2.24) is 10.3 Å². The highest BCUT2D eigenvalue weighted by Gasteiger charge is 2.13. The number of carboxylic acids is 1. The summed E-state index contributed by atoms with van der Waals surface area (Å²) in [6, 6.07) is 7.15. The van der Waals surface area contributed by atoms with Gasteiger partial charge in [-0.25, -0.2) is 9.78 Å². The van der Waals surface area contributed by atoms with E-state index in [4.69, 9.17) is 14.6 Å². The van der Waals surface area contributed by atoms with Crippen molar-refractivity contribution in [3.63, 3.8) is 0 Å². The number of fused-ring (bicyclic) bond motifs is 1. The number of carboxylic acid groups (broad SMARTS) is 1. The van der Waals surface area contributed by atoms with Gasteiger partial charge in [0.25, 0.3) is 0 Å². The Morgan fingerprint density at radius 1 is 1.40 bits per heavy atom. The second-order valence-electron chi connectivity index (χ2n) is 3.95. The number of aliphatic carboxylic acids is 1. The third-order valence-corrected chi connectivity index (χ3v) is 2.44. The molecule has 0 bridgehead atoms. The maximum Gasteiger partial charge on any atom is 0.334 e. The number of para-hydroxylation sites is 2. The normalized spacial score (nSPS) is 12.7. The largest absolute Gasteiger partial charge is 0.479 e. The van der Waals surface area contributed by atoms with Gasteiger partial charge in [0.05, 0.1) is 6.54 Å². The van der Waals surface area contributed by atoms with E-state index < -0.39 is 18.0 Å². The number of carbonyl (C=O) groups is 2. The topological polar surface area (TPSA) is 113 Å². The molecule has 0 saturated heterocycles. The lowest BCUT2D eigenvalue weighted by atomic mass is 10.3. The van der Waals surface area contributed by atoms with E-state index in [1.54, 1.807) is 18.2 Å². The molecule has 7 heteroatoms. The molecule has 0 radical (unpaired) electrons. The lowest BCUT2D eigenvalue weighted by Gasteiger charge is -2.04. The molecule has 7 nitrogen and oxygen atoms in total. The summed E-state index contributed by atoms with van der Waals surface area (Å²) in [6.45, 7) is -0.369. The number of nitrogens with one attached hydrogen (secondary N) is 1. The molecule has 3 N–H and O–H groups in total. The second kappa shape index (κ2) is 5.98. The average Bonchev–Trinajstić information content (AvgIpc) is 2.85. The molecule has 0 fully saturated rings. The minimum Gasteiger partial charge on any atom is -0.479 e. The number of aliphatic hydroxyl groups excluding tert-OH is 1. The number of rotatable bonds is 5. The van der Waals surface area contributed by atoms with Crippen LogP contribution in [0.2, 0.25) is 0 Å². The predicted octanol–water partition coefficient (Wildman–Crippen LogP) is 0.403. The molecule has 0 unspecified atom stereocenters. The molecule has 2 rings (SSSR count). The molecule has 0 aliphatic heterocycles. The van der Waals surface area contributed by atoms with E-state index in [2.05, 4.69) is 10.3 Å². The van der Waals surface area contributed by atoms with E-state index in [0.29, 0.717) is 11.1 Å². The first-order chi connectivity index (χ1) is 9.56. The Morgan fingerprint density at radius 3 is 2.85 bits per heavy atom. The van der Waals surface area contributed by atoms with Gasteiger partial charge in [0.2, 0.25) is 11.8 Å². The zero-order valence-electron chi connectivity index (χ0n) is 10.3. The van der Waals surface area contributed by atoms with E-state index in [0.717, 1.165) is 6.08 Å². The van der Waals surface area contributed by atoms with Crippen LogP contribution in [0.5, 0.6) is 0 Å². The van der Waals surface area contributed by atoms with Crippen LogP contribution in [0.3, 0.4) is 0 Å². The minimum atomic E-state index is -1.63. The summed E-state index contributed by atoms with van der Waals surface area (Å²) in [7, 11) is 0. The summed E-state index contributed by atoms with van der Waals surface area (Å²) >= 11 is 0. The van der Waals surface area contributed by atoms with Crippen molar-refractivity contribution in [3.05, 3.63) is 36.2 Å². The smallest absolute Gasteiger partial charge is 0.334 e. The summed E-state index contributed by atoms with van der Waals surface area (Å²) in [6.07, 6.45) is 0.888. The average molecular weight is 276 g/mol. The maximum atomic E-state index is 11.4. The highest BCUT2D eigenvalue weighted by atomic mass is 16.4. The Kier molecular flexibility index (Phi) is 4.11. The highest BCUT2D eigenvalue weighted by molar-refractivity contribution is 5.91. The first-order valence-corrected chi connectivity index (χ1v) is 5.78. The Balaban J connectivity index is 1.95. The first kappa shape index (κ1) is 13.8. The van der Waals surface area contributed by atoms with Gasteiger partial charge in [-0.3, -0.25) is 4.79 Å². The first-order valence-electron chi connectivity index (χ1n) is 5.78. The number of oxazole rings is 1. The Morgan fingerprint density at radius 2 is 2.15 bits per heavy atom. The van der Waals surface area contributed by atoms with E-state index in [-0.39, 0.29) is 12.4 Å². The van der Waals surface area contributed by atoms with Crippen LogP contribution in [0.1, 0.15) is 5.89 Å². The van der Waals surface area contributed by atoms with Gasteiger partial charge in [-0.1, -0.05) is 12.1 Å². The van der Waals surface area contributed by atoms with Gasteiger partial charge >= 0.3 is 5.97 Å². The molecule has 0 aliphatic carbocycles. The standard InChI is InChI=1S/C13H12N2O5/c16-9(13(18)19)7-14-11(17)5-6-12-15-8-3-1-2-4-10(8)20-12/h1-6,9,16H,7H2,(H,14,17)(H,18,19)/b6-5+/t9-/m0/s1. The zero-order chi connectivity index (χ0) is 14.5. The Bertz CT molecular complexity index is 629. The predicted molar refractivity (Wildman–Crippen MR) is 69.7 cm³/mol. The lowest BCUT2D eigenvalue weighted by molar-refractivity contribution is -0.146. The molecule has 1 amide bonds. The quantitative estimate of drug-likeness (QED) is 0.681. The van der Waals surface area contributed by atoms with Crippen LogP contribution in [0.25, 0.3) is 17.2 Å². The van der Waals surface area contributed by atoms with Crippen molar-refractivity contribution >= 4 is 29.1 Å². The molecular weight excluding hydrogens is 264 g/mol. The van der Waals surface area contributed by atoms with E-state index >= 15 is 0 Å². The third kappa shape index (κ3) is 3.42. The number of amides is 1. The second-order valence-corrected chi connectivity index (χ2v) is 3.95. The minimum absolute atomic E-state index is 0.264. The van der Waals surface area contributed by atoms with Crippen LogP contribution >= 0.6 is 0 Å². The van der Waals surface area contributed by atoms with Crippen molar-refractivity contribution in [2.75, 3.05) is 6.54 Å². The summed E-state index contributed by atoms with van der Waals surface area (Å²) < 4.78 is 5.36. The maximum absolute atomic E-state index is 11.4. The summed E-state index contributed by atoms with van der Waals surface area (Å²) in [5.41, 5.74) is 1.28. The summed E-state index contributed by atoms with van der Waals surface area (Å²) in [5, 5.41) is 19.7. The molecular formula is C13H12N2O5. The van der Waals surface area contributed by atoms with Gasteiger partial charge in [-0.05, 0) is 12.1 Å². The number of hydrogen-bond acceptors (Lipinski definition) is 5. The van der Waals surface area contributed by atoms with Crippen LogP contribution < -0.4 is 5.32 Å². The number of aromatic nitrogens is 1. The summed E-state index contributed by atoms with van der Waals surface area (Å²) in [4.78, 5) is 25.9. The highest BCUT2D eigenvalue weighted by Crippen LogP contribution is 2.15. The molecule has 0 saturated carbocycles. The van der Waals surface area contributed by atoms with Crippen molar-refractivity contribution in [1.29, 1.82) is 0 Å². The number of nitrogens with zero attached hydrogens (tertiary/aromatic N) is 1. The fourth-order valence-corrected chi connectivity index (χ4v) is 1.45. The van der Waals surface area contributed by atoms with E-state index in [1.807, 2.05) is 6.07 Å². The molecule has 104 valence electrons. The molecule has 1 aromatic heterocycles. The van der Waals surface area contributed by atoms with Gasteiger partial charge in [0.1, 0.15) is 5.52 Å². The van der Waals surface area contributed by atoms with Crippen LogP contribution in [0, 0.1) is 0 Å². The molecule has 2 aromatic rings. The van der Waals surface area contributed by atoms with Gasteiger partial charge in [0, 0.05) is 12.2 Å². The molecule has 0 aliphatic rings. The van der Waals surface area contributed by atoms with Crippen molar-refractivity contribution in [3.8, 4) is 0 Å². The van der Waals surface area contributed by atoms with Crippen LogP contribution in [0.4, 0.5) is 0 Å². The Hall–Kier alpha value is -2.67. The van der Waals surface area contributed by atoms with Crippen LogP contribution in [-0.4, -0.2) is 39.7 Å². The number of carbonyl (C=O) groups excluding carboxylic acids is 1. The van der Waals surface area contributed by atoms with Gasteiger partial charge < -0.3 is 19.9 Å². The summed E-state index contributed by atoms with van der Waals surface area (Å²) in [5.74, 6) is -1.68. The van der Waals surface area contributed by atoms with Gasteiger partial charge in [0.15, 0.2) is 11.7 Å².